The Bertz CT molecular complexity index is 457. The zero-order chi connectivity index (χ0) is 13.2. The summed E-state index contributed by atoms with van der Waals surface area (Å²) in [6, 6.07) is 5.47. The maximum atomic E-state index is 13.1. The van der Waals surface area contributed by atoms with Crippen molar-refractivity contribution in [2.45, 2.75) is 12.6 Å². The Morgan fingerprint density at radius 3 is 3.05 bits per heavy atom. The molecule has 0 bridgehead atoms. The van der Waals surface area contributed by atoms with Crippen LogP contribution in [-0.4, -0.2) is 55.2 Å². The van der Waals surface area contributed by atoms with E-state index < -0.39 is 0 Å². The van der Waals surface area contributed by atoms with Crippen molar-refractivity contribution in [2.24, 2.45) is 0 Å². The van der Waals surface area contributed by atoms with Gasteiger partial charge >= 0.3 is 0 Å². The SMILES string of the molecule is Fc1ccc(CN2CCN3CCOCC3C2)cc1Cl. The second-order valence-corrected chi connectivity index (χ2v) is 5.66. The van der Waals surface area contributed by atoms with Gasteiger partial charge in [0.2, 0.25) is 0 Å². The second-order valence-electron chi connectivity index (χ2n) is 5.25. The first kappa shape index (κ1) is 13.3. The van der Waals surface area contributed by atoms with Crippen molar-refractivity contribution >= 4 is 11.6 Å². The zero-order valence-electron chi connectivity index (χ0n) is 10.8. The zero-order valence-corrected chi connectivity index (χ0v) is 11.6. The monoisotopic (exact) mass is 284 g/mol. The van der Waals surface area contributed by atoms with E-state index >= 15 is 0 Å². The first-order valence-corrected chi connectivity index (χ1v) is 7.08. The molecule has 0 saturated carbocycles. The lowest BCUT2D eigenvalue weighted by molar-refractivity contribution is -0.0461. The van der Waals surface area contributed by atoms with E-state index in [1.54, 1.807) is 6.07 Å². The summed E-state index contributed by atoms with van der Waals surface area (Å²) in [5.41, 5.74) is 1.07. The molecule has 19 heavy (non-hydrogen) atoms. The van der Waals surface area contributed by atoms with Gasteiger partial charge in [-0.25, -0.2) is 4.39 Å². The number of hydrogen-bond donors (Lipinski definition) is 0. The highest BCUT2D eigenvalue weighted by Gasteiger charge is 2.29. The van der Waals surface area contributed by atoms with E-state index in [9.17, 15) is 4.39 Å². The van der Waals surface area contributed by atoms with Gasteiger partial charge in [-0.15, -0.1) is 0 Å². The van der Waals surface area contributed by atoms with Gasteiger partial charge in [-0.2, -0.15) is 0 Å². The fourth-order valence-electron chi connectivity index (χ4n) is 2.85. The van der Waals surface area contributed by atoms with Crippen molar-refractivity contribution in [2.75, 3.05) is 39.4 Å². The summed E-state index contributed by atoms with van der Waals surface area (Å²) < 4.78 is 18.7. The molecule has 1 atom stereocenters. The summed E-state index contributed by atoms with van der Waals surface area (Å²) in [4.78, 5) is 4.89. The van der Waals surface area contributed by atoms with Crippen LogP contribution in [0.15, 0.2) is 18.2 Å². The standard InChI is InChI=1S/C14H18ClFN2O/c15-13-7-11(1-2-14(13)16)8-17-3-4-18-5-6-19-10-12(18)9-17/h1-2,7,12H,3-6,8-10H2. The largest absolute Gasteiger partial charge is 0.378 e. The number of hydrogen-bond acceptors (Lipinski definition) is 3. The fourth-order valence-corrected chi connectivity index (χ4v) is 3.05. The number of rotatable bonds is 2. The Kier molecular flexibility index (Phi) is 4.03. The number of halogens is 2. The summed E-state index contributed by atoms with van der Waals surface area (Å²) in [7, 11) is 0. The Balaban J connectivity index is 1.62. The lowest BCUT2D eigenvalue weighted by Gasteiger charge is -2.43. The van der Waals surface area contributed by atoms with Gasteiger partial charge in [0.05, 0.1) is 18.2 Å². The van der Waals surface area contributed by atoms with Crippen LogP contribution in [0.5, 0.6) is 0 Å². The maximum absolute atomic E-state index is 13.1. The van der Waals surface area contributed by atoms with Crippen LogP contribution in [0.2, 0.25) is 5.02 Å². The van der Waals surface area contributed by atoms with Gasteiger partial charge < -0.3 is 4.74 Å². The average Bonchev–Trinajstić information content (AvgIpc) is 2.43. The molecule has 1 aromatic rings. The van der Waals surface area contributed by atoms with E-state index in [4.69, 9.17) is 16.3 Å². The van der Waals surface area contributed by atoms with Crippen LogP contribution >= 0.6 is 11.6 Å². The Morgan fingerprint density at radius 1 is 1.32 bits per heavy atom. The fraction of sp³-hybridized carbons (Fsp3) is 0.571. The number of fused-ring (bicyclic) bond motifs is 1. The van der Waals surface area contributed by atoms with Gasteiger partial charge in [-0.1, -0.05) is 17.7 Å². The number of nitrogens with zero attached hydrogens (tertiary/aromatic N) is 2. The summed E-state index contributed by atoms with van der Waals surface area (Å²) >= 11 is 5.82. The molecule has 0 radical (unpaired) electrons. The highest BCUT2D eigenvalue weighted by atomic mass is 35.5. The van der Waals surface area contributed by atoms with Crippen molar-refractivity contribution in [3.8, 4) is 0 Å². The number of ether oxygens (including phenoxy) is 1. The lowest BCUT2D eigenvalue weighted by Crippen LogP contribution is -2.57. The molecule has 2 aliphatic rings. The van der Waals surface area contributed by atoms with Gasteiger partial charge in [0, 0.05) is 38.8 Å². The minimum atomic E-state index is -0.351. The Morgan fingerprint density at radius 2 is 2.21 bits per heavy atom. The number of morpholine rings is 1. The van der Waals surface area contributed by atoms with Gasteiger partial charge in [0.25, 0.3) is 0 Å². The van der Waals surface area contributed by atoms with E-state index in [2.05, 4.69) is 9.80 Å². The predicted octanol–water partition coefficient (Wildman–Crippen LogP) is 2.00. The third kappa shape index (κ3) is 3.08. The first-order chi connectivity index (χ1) is 9.22. The molecule has 0 amide bonds. The maximum Gasteiger partial charge on any atom is 0.141 e. The van der Waals surface area contributed by atoms with E-state index in [-0.39, 0.29) is 10.8 Å². The van der Waals surface area contributed by atoms with Crippen molar-refractivity contribution < 1.29 is 9.13 Å². The summed E-state index contributed by atoms with van der Waals surface area (Å²) in [6.07, 6.45) is 0. The van der Waals surface area contributed by atoms with Gasteiger partial charge in [-0.3, -0.25) is 9.80 Å². The van der Waals surface area contributed by atoms with Gasteiger partial charge in [0.15, 0.2) is 0 Å². The van der Waals surface area contributed by atoms with Crippen LogP contribution in [-0.2, 0) is 11.3 Å². The highest BCUT2D eigenvalue weighted by molar-refractivity contribution is 6.30. The lowest BCUT2D eigenvalue weighted by atomic mass is 10.1. The average molecular weight is 285 g/mol. The van der Waals surface area contributed by atoms with Crippen molar-refractivity contribution in [3.05, 3.63) is 34.6 Å². The first-order valence-electron chi connectivity index (χ1n) is 6.70. The van der Waals surface area contributed by atoms with Crippen LogP contribution in [0, 0.1) is 5.82 Å². The van der Waals surface area contributed by atoms with Crippen molar-refractivity contribution in [1.29, 1.82) is 0 Å². The smallest absolute Gasteiger partial charge is 0.141 e. The topological polar surface area (TPSA) is 15.7 Å². The van der Waals surface area contributed by atoms with Crippen molar-refractivity contribution in [3.63, 3.8) is 0 Å². The van der Waals surface area contributed by atoms with E-state index in [0.29, 0.717) is 6.04 Å². The second kappa shape index (κ2) is 5.75. The molecule has 5 heteroatoms. The minimum absolute atomic E-state index is 0.206. The molecule has 0 aliphatic carbocycles. The van der Waals surface area contributed by atoms with Gasteiger partial charge in [-0.05, 0) is 17.7 Å². The molecular formula is C14H18ClFN2O. The van der Waals surface area contributed by atoms with Crippen LogP contribution < -0.4 is 0 Å². The number of piperazine rings is 1. The quantitative estimate of drug-likeness (QED) is 0.826. The van der Waals surface area contributed by atoms with Crippen LogP contribution in [0.4, 0.5) is 4.39 Å². The number of benzene rings is 1. The molecule has 0 aromatic heterocycles. The molecule has 0 spiro atoms. The van der Waals surface area contributed by atoms with Gasteiger partial charge in [0.1, 0.15) is 5.82 Å². The highest BCUT2D eigenvalue weighted by Crippen LogP contribution is 2.19. The van der Waals surface area contributed by atoms with E-state index in [1.807, 2.05) is 6.07 Å². The van der Waals surface area contributed by atoms with Crippen molar-refractivity contribution in [1.82, 2.24) is 9.80 Å². The minimum Gasteiger partial charge on any atom is -0.378 e. The van der Waals surface area contributed by atoms with Crippen LogP contribution in [0.1, 0.15) is 5.56 Å². The normalized spacial score (nSPS) is 25.3. The Hall–Kier alpha value is -0.680. The van der Waals surface area contributed by atoms with E-state index in [0.717, 1.165) is 51.5 Å². The summed E-state index contributed by atoms with van der Waals surface area (Å²) in [5.74, 6) is -0.351. The molecule has 2 aliphatic heterocycles. The molecular weight excluding hydrogens is 267 g/mol. The molecule has 2 fully saturated rings. The molecule has 3 rings (SSSR count). The predicted molar refractivity (Wildman–Crippen MR) is 72.9 cm³/mol. The molecule has 2 heterocycles. The third-order valence-electron chi connectivity index (χ3n) is 3.91. The molecule has 104 valence electrons. The molecule has 2 saturated heterocycles. The molecule has 1 aromatic carbocycles. The van der Waals surface area contributed by atoms with E-state index in [1.165, 1.54) is 6.07 Å². The van der Waals surface area contributed by atoms with Crippen LogP contribution in [0.3, 0.4) is 0 Å². The Labute approximate surface area is 117 Å². The molecule has 3 nitrogen and oxygen atoms in total. The molecule has 0 N–H and O–H groups in total. The summed E-state index contributed by atoms with van der Waals surface area (Å²) in [5, 5.41) is 0.206. The third-order valence-corrected chi connectivity index (χ3v) is 4.20. The summed E-state index contributed by atoms with van der Waals surface area (Å²) in [6.45, 7) is 6.68. The van der Waals surface area contributed by atoms with Crippen LogP contribution in [0.25, 0.3) is 0 Å². The molecule has 1 unspecified atom stereocenters.